The number of piperidine rings is 1. The highest BCUT2D eigenvalue weighted by Crippen LogP contribution is 2.27. The number of ether oxygens (including phenoxy) is 2. The molecule has 1 aromatic rings. The van der Waals surface area contributed by atoms with E-state index in [1.165, 1.54) is 0 Å². The Morgan fingerprint density at radius 1 is 1.18 bits per heavy atom. The van der Waals surface area contributed by atoms with Crippen molar-refractivity contribution in [3.63, 3.8) is 0 Å². The lowest BCUT2D eigenvalue weighted by molar-refractivity contribution is -0.134. The average molecular weight is 386 g/mol. The van der Waals surface area contributed by atoms with Gasteiger partial charge in [-0.25, -0.2) is 0 Å². The molecule has 120 valence electrons. The summed E-state index contributed by atoms with van der Waals surface area (Å²) in [5.74, 6) is 1.16. The Morgan fingerprint density at radius 2 is 1.82 bits per heavy atom. The van der Waals surface area contributed by atoms with Crippen LogP contribution >= 0.6 is 27.7 Å². The molecule has 0 bridgehead atoms. The van der Waals surface area contributed by atoms with E-state index in [-0.39, 0.29) is 12.2 Å². The molecule has 0 unspecified atom stereocenters. The molecule has 0 spiro atoms. The van der Waals surface area contributed by atoms with Gasteiger partial charge in [0, 0.05) is 28.4 Å². The molecule has 0 radical (unpaired) electrons. The zero-order chi connectivity index (χ0) is 15.4. The van der Waals surface area contributed by atoms with E-state index in [0.29, 0.717) is 24.9 Å². The van der Waals surface area contributed by atoms with Crippen molar-refractivity contribution in [3.05, 3.63) is 28.7 Å². The van der Waals surface area contributed by atoms with Crippen molar-refractivity contribution in [1.82, 2.24) is 4.90 Å². The van der Waals surface area contributed by atoms with Gasteiger partial charge in [-0.3, -0.25) is 4.79 Å². The van der Waals surface area contributed by atoms with Crippen molar-refractivity contribution in [1.29, 1.82) is 0 Å². The first kappa shape index (κ1) is 16.3. The van der Waals surface area contributed by atoms with Crippen molar-refractivity contribution in [2.75, 3.05) is 32.1 Å². The quantitative estimate of drug-likeness (QED) is 0.746. The van der Waals surface area contributed by atoms with Crippen LogP contribution in [0, 0.1) is 5.92 Å². The van der Waals surface area contributed by atoms with Crippen LogP contribution in [-0.2, 0) is 14.3 Å². The Kier molecular flexibility index (Phi) is 5.79. The highest BCUT2D eigenvalue weighted by Gasteiger charge is 2.31. The smallest absolute Gasteiger partial charge is 0.232 e. The molecule has 2 heterocycles. The maximum atomic E-state index is 12.3. The van der Waals surface area contributed by atoms with Gasteiger partial charge in [-0.15, -0.1) is 11.8 Å². The lowest BCUT2D eigenvalue weighted by Gasteiger charge is -2.33. The summed E-state index contributed by atoms with van der Waals surface area (Å²) in [6.45, 7) is 3.03. The van der Waals surface area contributed by atoms with Crippen LogP contribution in [0.4, 0.5) is 0 Å². The summed E-state index contributed by atoms with van der Waals surface area (Å²) in [5, 5.41) is 0. The molecule has 22 heavy (non-hydrogen) atoms. The predicted molar refractivity (Wildman–Crippen MR) is 89.9 cm³/mol. The van der Waals surface area contributed by atoms with Crippen LogP contribution in [0.25, 0.3) is 0 Å². The predicted octanol–water partition coefficient (Wildman–Crippen LogP) is 3.15. The number of carbonyl (C=O) groups excluding carboxylic acids is 1. The SMILES string of the molecule is O=C(CSc1ccc(Br)cc1)N1CCC(C2OCCO2)CC1. The number of nitrogens with zero attached hydrogens (tertiary/aromatic N) is 1. The van der Waals surface area contributed by atoms with E-state index in [2.05, 4.69) is 15.9 Å². The number of rotatable bonds is 4. The molecule has 1 amide bonds. The van der Waals surface area contributed by atoms with Crippen molar-refractivity contribution < 1.29 is 14.3 Å². The molecule has 3 rings (SSSR count). The van der Waals surface area contributed by atoms with Crippen LogP contribution in [0.3, 0.4) is 0 Å². The minimum Gasteiger partial charge on any atom is -0.350 e. The van der Waals surface area contributed by atoms with Gasteiger partial charge in [0.15, 0.2) is 6.29 Å². The van der Waals surface area contributed by atoms with Gasteiger partial charge < -0.3 is 14.4 Å². The number of amides is 1. The number of hydrogen-bond acceptors (Lipinski definition) is 4. The summed E-state index contributed by atoms with van der Waals surface area (Å²) in [6, 6.07) is 8.06. The second-order valence-corrected chi connectivity index (χ2v) is 7.54. The summed E-state index contributed by atoms with van der Waals surface area (Å²) in [5.41, 5.74) is 0. The van der Waals surface area contributed by atoms with E-state index < -0.39 is 0 Å². The zero-order valence-corrected chi connectivity index (χ0v) is 14.8. The molecular formula is C16H20BrNO3S. The Labute approximate surface area is 143 Å². The van der Waals surface area contributed by atoms with Crippen molar-refractivity contribution in [2.45, 2.75) is 24.0 Å². The van der Waals surface area contributed by atoms with Crippen LogP contribution in [0.1, 0.15) is 12.8 Å². The van der Waals surface area contributed by atoms with Crippen LogP contribution in [0.15, 0.2) is 33.6 Å². The summed E-state index contributed by atoms with van der Waals surface area (Å²) < 4.78 is 12.2. The van der Waals surface area contributed by atoms with Crippen LogP contribution in [0.2, 0.25) is 0 Å². The third kappa shape index (κ3) is 4.25. The van der Waals surface area contributed by atoms with Crippen LogP contribution < -0.4 is 0 Å². The molecule has 2 aliphatic heterocycles. The first-order chi connectivity index (χ1) is 10.7. The fourth-order valence-electron chi connectivity index (χ4n) is 2.84. The van der Waals surface area contributed by atoms with Crippen LogP contribution in [-0.4, -0.2) is 49.2 Å². The Bertz CT molecular complexity index is 497. The maximum absolute atomic E-state index is 12.3. The van der Waals surface area contributed by atoms with Crippen LogP contribution in [0.5, 0.6) is 0 Å². The molecule has 0 aromatic heterocycles. The van der Waals surface area contributed by atoms with Gasteiger partial charge in [0.2, 0.25) is 5.91 Å². The van der Waals surface area contributed by atoms with Gasteiger partial charge in [-0.05, 0) is 37.1 Å². The third-order valence-electron chi connectivity index (χ3n) is 4.10. The molecule has 4 nitrogen and oxygen atoms in total. The topological polar surface area (TPSA) is 38.8 Å². The zero-order valence-electron chi connectivity index (χ0n) is 12.4. The number of hydrogen-bond donors (Lipinski definition) is 0. The van der Waals surface area contributed by atoms with Gasteiger partial charge in [0.1, 0.15) is 0 Å². The molecule has 0 N–H and O–H groups in total. The Hall–Kier alpha value is -0.560. The van der Waals surface area contributed by atoms with Crippen molar-refractivity contribution in [3.8, 4) is 0 Å². The van der Waals surface area contributed by atoms with E-state index >= 15 is 0 Å². The molecular weight excluding hydrogens is 366 g/mol. The van der Waals surface area contributed by atoms with Gasteiger partial charge in [-0.1, -0.05) is 15.9 Å². The fraction of sp³-hybridized carbons (Fsp3) is 0.562. The summed E-state index contributed by atoms with van der Waals surface area (Å²) in [7, 11) is 0. The first-order valence-corrected chi connectivity index (χ1v) is 9.39. The molecule has 6 heteroatoms. The first-order valence-electron chi connectivity index (χ1n) is 7.62. The lowest BCUT2D eigenvalue weighted by Crippen LogP contribution is -2.42. The van der Waals surface area contributed by atoms with E-state index in [1.807, 2.05) is 29.2 Å². The molecule has 0 atom stereocenters. The number of benzene rings is 1. The molecule has 2 aliphatic rings. The lowest BCUT2D eigenvalue weighted by atomic mass is 9.96. The second kappa shape index (κ2) is 7.81. The minimum atomic E-state index is -0.0469. The minimum absolute atomic E-state index is 0.0469. The van der Waals surface area contributed by atoms with E-state index in [0.717, 1.165) is 35.3 Å². The van der Waals surface area contributed by atoms with Gasteiger partial charge in [-0.2, -0.15) is 0 Å². The van der Waals surface area contributed by atoms with Gasteiger partial charge >= 0.3 is 0 Å². The standard InChI is InChI=1S/C16H20BrNO3S/c17-13-1-3-14(4-2-13)22-11-15(19)18-7-5-12(6-8-18)16-20-9-10-21-16/h1-4,12,16H,5-11H2. The number of thioether (sulfide) groups is 1. The fourth-order valence-corrected chi connectivity index (χ4v) is 3.90. The second-order valence-electron chi connectivity index (χ2n) is 5.57. The monoisotopic (exact) mass is 385 g/mol. The Balaban J connectivity index is 1.42. The van der Waals surface area contributed by atoms with E-state index in [1.54, 1.807) is 11.8 Å². The Morgan fingerprint density at radius 3 is 2.45 bits per heavy atom. The molecule has 2 fully saturated rings. The van der Waals surface area contributed by atoms with Crippen molar-refractivity contribution in [2.24, 2.45) is 5.92 Å². The molecule has 0 saturated carbocycles. The molecule has 0 aliphatic carbocycles. The third-order valence-corrected chi connectivity index (χ3v) is 5.63. The largest absolute Gasteiger partial charge is 0.350 e. The van der Waals surface area contributed by atoms with Gasteiger partial charge in [0.05, 0.1) is 19.0 Å². The number of likely N-dealkylation sites (tertiary alicyclic amines) is 1. The van der Waals surface area contributed by atoms with Crippen molar-refractivity contribution >= 4 is 33.6 Å². The molecule has 1 aromatic carbocycles. The number of carbonyl (C=O) groups is 1. The highest BCUT2D eigenvalue weighted by molar-refractivity contribution is 9.10. The van der Waals surface area contributed by atoms with E-state index in [9.17, 15) is 4.79 Å². The average Bonchev–Trinajstić information content (AvgIpc) is 3.09. The molecule has 2 saturated heterocycles. The normalized spacial score (nSPS) is 20.5. The highest BCUT2D eigenvalue weighted by atomic mass is 79.9. The van der Waals surface area contributed by atoms with E-state index in [4.69, 9.17) is 9.47 Å². The summed E-state index contributed by atoms with van der Waals surface area (Å²) >= 11 is 5.01. The maximum Gasteiger partial charge on any atom is 0.232 e. The number of halogens is 1. The summed E-state index contributed by atoms with van der Waals surface area (Å²) in [6.07, 6.45) is 1.90. The summed E-state index contributed by atoms with van der Waals surface area (Å²) in [4.78, 5) is 15.4. The van der Waals surface area contributed by atoms with Gasteiger partial charge in [0.25, 0.3) is 0 Å².